The minimum Gasteiger partial charge on any atom is -0.304 e. The first-order valence-corrected chi connectivity index (χ1v) is 14.7. The highest BCUT2D eigenvalue weighted by molar-refractivity contribution is 5.68. The maximum Gasteiger partial charge on any atom is 0.0521 e. The molecular weight excluding hydrogens is 508 g/mol. The van der Waals surface area contributed by atoms with E-state index >= 15 is 0 Å². The van der Waals surface area contributed by atoms with Gasteiger partial charge in [0.05, 0.1) is 12.1 Å². The quantitative estimate of drug-likeness (QED) is 0.170. The van der Waals surface area contributed by atoms with E-state index in [1.165, 1.54) is 44.5 Å². The van der Waals surface area contributed by atoms with Crippen LogP contribution in [0, 0.1) is 0 Å². The molecule has 206 valence electrons. The van der Waals surface area contributed by atoms with Gasteiger partial charge in [-0.05, 0) is 44.5 Å². The second-order valence-corrected chi connectivity index (χ2v) is 10.6. The first-order valence-electron chi connectivity index (χ1n) is 14.7. The summed E-state index contributed by atoms with van der Waals surface area (Å²) in [5.41, 5.74) is 10.1. The summed E-state index contributed by atoms with van der Waals surface area (Å²) in [6, 6.07) is 60.5. The monoisotopic (exact) mass is 544 g/mol. The van der Waals surface area contributed by atoms with Gasteiger partial charge in [0.15, 0.2) is 0 Å². The van der Waals surface area contributed by atoms with Crippen molar-refractivity contribution >= 4 is 0 Å². The number of hydrogen-bond donors (Lipinski definition) is 2. The Hall–Kier alpha value is -4.76. The van der Waals surface area contributed by atoms with E-state index in [9.17, 15) is 0 Å². The Balaban J connectivity index is 1.33. The minimum absolute atomic E-state index is 0.0429. The van der Waals surface area contributed by atoms with Gasteiger partial charge in [-0.3, -0.25) is 0 Å². The summed E-state index contributed by atoms with van der Waals surface area (Å²) in [7, 11) is 0. The van der Waals surface area contributed by atoms with E-state index in [2.05, 4.69) is 180 Å². The van der Waals surface area contributed by atoms with Crippen LogP contribution in [0.5, 0.6) is 0 Å². The molecule has 6 aromatic carbocycles. The summed E-state index contributed by atoms with van der Waals surface area (Å²) in [5.74, 6) is 0. The van der Waals surface area contributed by atoms with Crippen molar-refractivity contribution in [3.8, 4) is 22.3 Å². The average molecular weight is 545 g/mol. The second kappa shape index (κ2) is 13.7. The van der Waals surface area contributed by atoms with Gasteiger partial charge in [0.25, 0.3) is 0 Å². The fourth-order valence-electron chi connectivity index (χ4n) is 5.76. The van der Waals surface area contributed by atoms with Gasteiger partial charge in [0.1, 0.15) is 0 Å². The van der Waals surface area contributed by atoms with Crippen LogP contribution in [0.25, 0.3) is 22.3 Å². The Kier molecular flexibility index (Phi) is 8.96. The van der Waals surface area contributed by atoms with Crippen molar-refractivity contribution in [3.05, 3.63) is 192 Å². The molecule has 0 aliphatic rings. The van der Waals surface area contributed by atoms with Crippen LogP contribution in [0.2, 0.25) is 0 Å². The lowest BCUT2D eigenvalue weighted by Gasteiger charge is -2.31. The summed E-state index contributed by atoms with van der Waals surface area (Å²) in [5, 5.41) is 7.96. The molecule has 6 rings (SSSR count). The van der Waals surface area contributed by atoms with Crippen LogP contribution < -0.4 is 10.6 Å². The topological polar surface area (TPSA) is 24.1 Å². The highest BCUT2D eigenvalue weighted by Crippen LogP contribution is 2.32. The third-order valence-corrected chi connectivity index (χ3v) is 7.88. The molecule has 0 spiro atoms. The van der Waals surface area contributed by atoms with E-state index in [4.69, 9.17) is 0 Å². The summed E-state index contributed by atoms with van der Waals surface area (Å²) in [6.07, 6.45) is 0. The molecule has 0 fully saturated rings. The van der Waals surface area contributed by atoms with Gasteiger partial charge in [-0.15, -0.1) is 0 Å². The SMILES string of the molecule is c1ccc(-c2ccccc2CN[C@H](c2ccccc2)[C@H](NCc2ccccc2-c2ccccc2)c2ccccc2)cc1. The van der Waals surface area contributed by atoms with Crippen molar-refractivity contribution in [2.45, 2.75) is 25.2 Å². The Bertz CT molecular complexity index is 1540. The lowest BCUT2D eigenvalue weighted by atomic mass is 9.91. The predicted octanol–water partition coefficient (Wildman–Crippen LogP) is 9.38. The molecule has 0 heterocycles. The summed E-state index contributed by atoms with van der Waals surface area (Å²) < 4.78 is 0. The van der Waals surface area contributed by atoms with Crippen LogP contribution in [0.3, 0.4) is 0 Å². The molecule has 0 saturated heterocycles. The van der Waals surface area contributed by atoms with Crippen LogP contribution in [0.1, 0.15) is 34.3 Å². The first-order chi connectivity index (χ1) is 20.9. The van der Waals surface area contributed by atoms with Crippen molar-refractivity contribution in [1.29, 1.82) is 0 Å². The zero-order valence-electron chi connectivity index (χ0n) is 23.7. The van der Waals surface area contributed by atoms with E-state index in [-0.39, 0.29) is 12.1 Å². The normalized spacial score (nSPS) is 12.5. The Morgan fingerprint density at radius 1 is 0.333 bits per heavy atom. The van der Waals surface area contributed by atoms with E-state index < -0.39 is 0 Å². The standard InChI is InChI=1S/C40H36N2/c1-5-17-31(18-6-1)37-27-15-13-25-35(37)29-41-39(33-21-9-3-10-22-33)40(34-23-11-4-12-24-34)42-30-36-26-14-16-28-38(36)32-19-7-2-8-20-32/h1-28,39-42H,29-30H2/t39-,40-/m1/s1. The van der Waals surface area contributed by atoms with Crippen molar-refractivity contribution in [1.82, 2.24) is 10.6 Å². The van der Waals surface area contributed by atoms with Gasteiger partial charge in [-0.1, -0.05) is 170 Å². The number of rotatable bonds is 11. The molecule has 2 atom stereocenters. The molecule has 42 heavy (non-hydrogen) atoms. The largest absolute Gasteiger partial charge is 0.304 e. The molecule has 6 aromatic rings. The van der Waals surface area contributed by atoms with Gasteiger partial charge >= 0.3 is 0 Å². The number of benzene rings is 6. The molecule has 2 heteroatoms. The smallest absolute Gasteiger partial charge is 0.0521 e. The molecule has 0 amide bonds. The molecular formula is C40H36N2. The van der Waals surface area contributed by atoms with Crippen LogP contribution in [-0.4, -0.2) is 0 Å². The van der Waals surface area contributed by atoms with E-state index in [0.29, 0.717) is 0 Å². The lowest BCUT2D eigenvalue weighted by Crippen LogP contribution is -2.35. The van der Waals surface area contributed by atoms with Crippen LogP contribution in [0.4, 0.5) is 0 Å². The number of hydrogen-bond acceptors (Lipinski definition) is 2. The molecule has 0 saturated carbocycles. The van der Waals surface area contributed by atoms with E-state index in [0.717, 1.165) is 13.1 Å². The fourth-order valence-corrected chi connectivity index (χ4v) is 5.76. The predicted molar refractivity (Wildman–Crippen MR) is 176 cm³/mol. The average Bonchev–Trinajstić information content (AvgIpc) is 3.08. The molecule has 0 aromatic heterocycles. The first kappa shape index (κ1) is 27.4. The molecule has 0 radical (unpaired) electrons. The van der Waals surface area contributed by atoms with Crippen LogP contribution >= 0.6 is 0 Å². The highest BCUT2D eigenvalue weighted by atomic mass is 15.0. The van der Waals surface area contributed by atoms with Gasteiger partial charge < -0.3 is 10.6 Å². The maximum atomic E-state index is 3.98. The van der Waals surface area contributed by atoms with Gasteiger partial charge in [0, 0.05) is 13.1 Å². The Morgan fingerprint density at radius 2 is 0.643 bits per heavy atom. The highest BCUT2D eigenvalue weighted by Gasteiger charge is 2.25. The maximum absolute atomic E-state index is 3.98. The third kappa shape index (κ3) is 6.58. The fraction of sp³-hybridized carbons (Fsp3) is 0.100. The van der Waals surface area contributed by atoms with Crippen molar-refractivity contribution in [2.75, 3.05) is 0 Å². The minimum atomic E-state index is 0.0429. The third-order valence-electron chi connectivity index (χ3n) is 7.88. The Morgan fingerprint density at radius 3 is 1.02 bits per heavy atom. The van der Waals surface area contributed by atoms with Crippen LogP contribution in [0.15, 0.2) is 170 Å². The van der Waals surface area contributed by atoms with Crippen LogP contribution in [-0.2, 0) is 13.1 Å². The summed E-state index contributed by atoms with van der Waals surface area (Å²) in [4.78, 5) is 0. The molecule has 2 N–H and O–H groups in total. The zero-order valence-corrected chi connectivity index (χ0v) is 23.7. The molecule has 0 aliphatic carbocycles. The van der Waals surface area contributed by atoms with E-state index in [1.54, 1.807) is 0 Å². The van der Waals surface area contributed by atoms with Crippen molar-refractivity contribution in [3.63, 3.8) is 0 Å². The Labute approximate surface area is 249 Å². The molecule has 0 bridgehead atoms. The summed E-state index contributed by atoms with van der Waals surface area (Å²) in [6.45, 7) is 1.49. The van der Waals surface area contributed by atoms with Gasteiger partial charge in [0.2, 0.25) is 0 Å². The second-order valence-electron chi connectivity index (χ2n) is 10.6. The molecule has 0 aliphatic heterocycles. The van der Waals surface area contributed by atoms with Crippen molar-refractivity contribution in [2.24, 2.45) is 0 Å². The van der Waals surface area contributed by atoms with Crippen molar-refractivity contribution < 1.29 is 0 Å². The van der Waals surface area contributed by atoms with E-state index in [1.807, 2.05) is 0 Å². The molecule has 2 nitrogen and oxygen atoms in total. The summed E-state index contributed by atoms with van der Waals surface area (Å²) >= 11 is 0. The number of nitrogens with one attached hydrogen (secondary N) is 2. The van der Waals surface area contributed by atoms with Gasteiger partial charge in [-0.2, -0.15) is 0 Å². The lowest BCUT2D eigenvalue weighted by molar-refractivity contribution is 0.381. The zero-order chi connectivity index (χ0) is 28.4. The molecule has 0 unspecified atom stereocenters. The van der Waals surface area contributed by atoms with Gasteiger partial charge in [-0.25, -0.2) is 0 Å².